The largest absolute Gasteiger partial charge is 0.453 e. The number of hydrogen-bond acceptors (Lipinski definition) is 2. The second-order valence-electron chi connectivity index (χ2n) is 2.64. The molecule has 1 aromatic heterocycles. The molecule has 0 N–H and O–H groups in total. The lowest BCUT2D eigenvalue weighted by Crippen LogP contribution is -1.76. The predicted molar refractivity (Wildman–Crippen MR) is 48.9 cm³/mol. The summed E-state index contributed by atoms with van der Waals surface area (Å²) < 4.78 is 5.01. The molecule has 0 bridgehead atoms. The van der Waals surface area contributed by atoms with Crippen LogP contribution in [0, 0.1) is 11.3 Å². The van der Waals surface area contributed by atoms with E-state index in [0.717, 1.165) is 11.1 Å². The van der Waals surface area contributed by atoms with E-state index in [1.807, 2.05) is 36.4 Å². The van der Waals surface area contributed by atoms with Crippen LogP contribution in [0.1, 0.15) is 5.76 Å². The van der Waals surface area contributed by atoms with Gasteiger partial charge in [-0.05, 0) is 11.6 Å². The van der Waals surface area contributed by atoms with E-state index in [2.05, 4.69) is 0 Å². The van der Waals surface area contributed by atoms with Crippen molar-refractivity contribution in [1.82, 2.24) is 0 Å². The molecule has 0 amide bonds. The van der Waals surface area contributed by atoms with Crippen LogP contribution in [-0.2, 0) is 0 Å². The minimum Gasteiger partial charge on any atom is -0.453 e. The second-order valence-corrected chi connectivity index (χ2v) is 2.64. The van der Waals surface area contributed by atoms with Gasteiger partial charge >= 0.3 is 0 Å². The highest BCUT2D eigenvalue weighted by molar-refractivity contribution is 5.67. The molecule has 0 radical (unpaired) electrons. The average molecular weight is 169 g/mol. The van der Waals surface area contributed by atoms with Gasteiger partial charge in [0.1, 0.15) is 6.07 Å². The van der Waals surface area contributed by atoms with Gasteiger partial charge in [0.25, 0.3) is 0 Å². The van der Waals surface area contributed by atoms with E-state index in [4.69, 9.17) is 9.68 Å². The van der Waals surface area contributed by atoms with Crippen molar-refractivity contribution in [3.63, 3.8) is 0 Å². The number of furan rings is 1. The van der Waals surface area contributed by atoms with Gasteiger partial charge in [-0.25, -0.2) is 0 Å². The van der Waals surface area contributed by atoms with Crippen molar-refractivity contribution in [3.8, 4) is 17.2 Å². The third-order valence-electron chi connectivity index (χ3n) is 1.85. The Morgan fingerprint density at radius 3 is 2.54 bits per heavy atom. The summed E-state index contributed by atoms with van der Waals surface area (Å²) in [5.74, 6) is 0.367. The summed E-state index contributed by atoms with van der Waals surface area (Å²) in [6.07, 6.45) is 1.53. The Hall–Kier alpha value is -2.01. The van der Waals surface area contributed by atoms with Gasteiger partial charge in [0, 0.05) is 5.56 Å². The molecule has 2 heteroatoms. The lowest BCUT2D eigenvalue weighted by molar-refractivity contribution is 0.553. The molecule has 13 heavy (non-hydrogen) atoms. The number of nitriles is 1. The molecule has 0 unspecified atom stereocenters. The summed E-state index contributed by atoms with van der Waals surface area (Å²) in [5, 5.41) is 8.72. The van der Waals surface area contributed by atoms with E-state index < -0.39 is 0 Å². The van der Waals surface area contributed by atoms with Gasteiger partial charge in [0.15, 0.2) is 0 Å². The highest BCUT2D eigenvalue weighted by atomic mass is 16.3. The maximum absolute atomic E-state index is 8.72. The van der Waals surface area contributed by atoms with Gasteiger partial charge < -0.3 is 4.42 Å². The predicted octanol–water partition coefficient (Wildman–Crippen LogP) is 2.82. The van der Waals surface area contributed by atoms with Crippen LogP contribution in [-0.4, -0.2) is 0 Å². The van der Waals surface area contributed by atoms with Crippen LogP contribution in [0.3, 0.4) is 0 Å². The second kappa shape index (κ2) is 3.16. The standard InChI is InChI=1S/C11H7NO/c12-8-11-10(6-7-13-11)9-4-2-1-3-5-9/h1-7H. The smallest absolute Gasteiger partial charge is 0.211 e. The topological polar surface area (TPSA) is 36.9 Å². The molecular weight excluding hydrogens is 162 g/mol. The molecule has 0 aliphatic rings. The minimum absolute atomic E-state index is 0.367. The van der Waals surface area contributed by atoms with Crippen molar-refractivity contribution < 1.29 is 4.42 Å². The van der Waals surface area contributed by atoms with Crippen molar-refractivity contribution in [2.75, 3.05) is 0 Å². The van der Waals surface area contributed by atoms with Crippen LogP contribution in [0.4, 0.5) is 0 Å². The summed E-state index contributed by atoms with van der Waals surface area (Å²) in [6.45, 7) is 0. The van der Waals surface area contributed by atoms with Gasteiger partial charge in [-0.15, -0.1) is 0 Å². The normalized spacial score (nSPS) is 9.46. The molecule has 2 aromatic rings. The van der Waals surface area contributed by atoms with Crippen LogP contribution in [0.5, 0.6) is 0 Å². The fourth-order valence-electron chi connectivity index (χ4n) is 1.24. The highest BCUT2D eigenvalue weighted by Crippen LogP contribution is 2.23. The first-order chi connectivity index (χ1) is 6.42. The maximum Gasteiger partial charge on any atom is 0.211 e. The van der Waals surface area contributed by atoms with Crippen LogP contribution in [0.15, 0.2) is 47.1 Å². The summed E-state index contributed by atoms with van der Waals surface area (Å²) in [6, 6.07) is 13.5. The molecule has 0 spiro atoms. The molecule has 2 nitrogen and oxygen atoms in total. The summed E-state index contributed by atoms with van der Waals surface area (Å²) in [7, 11) is 0. The zero-order chi connectivity index (χ0) is 9.10. The lowest BCUT2D eigenvalue weighted by atomic mass is 10.1. The third kappa shape index (κ3) is 1.32. The average Bonchev–Trinajstić information content (AvgIpc) is 2.67. The summed E-state index contributed by atoms with van der Waals surface area (Å²) in [5.41, 5.74) is 1.86. The maximum atomic E-state index is 8.72. The molecule has 1 aromatic carbocycles. The van der Waals surface area contributed by atoms with Crippen LogP contribution >= 0.6 is 0 Å². The molecule has 0 atom stereocenters. The van der Waals surface area contributed by atoms with Crippen LogP contribution in [0.2, 0.25) is 0 Å². The molecule has 0 saturated carbocycles. The van der Waals surface area contributed by atoms with Crippen LogP contribution < -0.4 is 0 Å². The van der Waals surface area contributed by atoms with Crippen molar-refractivity contribution >= 4 is 0 Å². The molecule has 0 aliphatic heterocycles. The van der Waals surface area contributed by atoms with E-state index in [9.17, 15) is 0 Å². The van der Waals surface area contributed by atoms with Gasteiger partial charge in [-0.3, -0.25) is 0 Å². The van der Waals surface area contributed by atoms with Gasteiger partial charge in [0.2, 0.25) is 5.76 Å². The minimum atomic E-state index is 0.367. The van der Waals surface area contributed by atoms with Crippen molar-refractivity contribution in [3.05, 3.63) is 48.4 Å². The van der Waals surface area contributed by atoms with E-state index in [-0.39, 0.29) is 0 Å². The summed E-state index contributed by atoms with van der Waals surface area (Å²) in [4.78, 5) is 0. The fraction of sp³-hybridized carbons (Fsp3) is 0. The quantitative estimate of drug-likeness (QED) is 0.658. The molecule has 62 valence electrons. The molecule has 1 heterocycles. The number of rotatable bonds is 1. The Morgan fingerprint density at radius 2 is 1.85 bits per heavy atom. The fourth-order valence-corrected chi connectivity index (χ4v) is 1.24. The van der Waals surface area contributed by atoms with Gasteiger partial charge in [0.05, 0.1) is 6.26 Å². The monoisotopic (exact) mass is 169 g/mol. The highest BCUT2D eigenvalue weighted by Gasteiger charge is 2.05. The first-order valence-electron chi connectivity index (χ1n) is 3.95. The van der Waals surface area contributed by atoms with E-state index in [1.54, 1.807) is 6.07 Å². The molecule has 0 saturated heterocycles. The lowest BCUT2D eigenvalue weighted by Gasteiger charge is -1.95. The van der Waals surface area contributed by atoms with E-state index >= 15 is 0 Å². The van der Waals surface area contributed by atoms with E-state index in [0.29, 0.717) is 5.76 Å². The zero-order valence-corrected chi connectivity index (χ0v) is 6.90. The van der Waals surface area contributed by atoms with E-state index in [1.165, 1.54) is 6.26 Å². The Kier molecular flexibility index (Phi) is 1.85. The van der Waals surface area contributed by atoms with Gasteiger partial charge in [-0.2, -0.15) is 5.26 Å². The number of benzene rings is 1. The molecule has 0 aliphatic carbocycles. The first-order valence-corrected chi connectivity index (χ1v) is 3.95. The number of nitrogens with zero attached hydrogens (tertiary/aromatic N) is 1. The third-order valence-corrected chi connectivity index (χ3v) is 1.85. The Labute approximate surface area is 76.0 Å². The first kappa shape index (κ1) is 7.63. The van der Waals surface area contributed by atoms with Crippen molar-refractivity contribution in [2.24, 2.45) is 0 Å². The Balaban J connectivity index is 2.54. The molecule has 2 rings (SSSR count). The Morgan fingerprint density at radius 1 is 1.08 bits per heavy atom. The molecular formula is C11H7NO. The van der Waals surface area contributed by atoms with Crippen LogP contribution in [0.25, 0.3) is 11.1 Å². The SMILES string of the molecule is N#Cc1occc1-c1ccccc1. The Bertz CT molecular complexity index is 437. The number of hydrogen-bond donors (Lipinski definition) is 0. The van der Waals surface area contributed by atoms with Crippen molar-refractivity contribution in [2.45, 2.75) is 0 Å². The van der Waals surface area contributed by atoms with Gasteiger partial charge in [-0.1, -0.05) is 30.3 Å². The zero-order valence-electron chi connectivity index (χ0n) is 6.90. The molecule has 0 fully saturated rings. The van der Waals surface area contributed by atoms with Crippen molar-refractivity contribution in [1.29, 1.82) is 5.26 Å². The summed E-state index contributed by atoms with van der Waals surface area (Å²) >= 11 is 0.